The predicted octanol–water partition coefficient (Wildman–Crippen LogP) is 4.20. The summed E-state index contributed by atoms with van der Waals surface area (Å²) in [5.41, 5.74) is 3.27. The van der Waals surface area contributed by atoms with Crippen LogP contribution in [0.5, 0.6) is 0 Å². The van der Waals surface area contributed by atoms with E-state index in [1.54, 1.807) is 6.21 Å². The molecule has 0 spiro atoms. The summed E-state index contributed by atoms with van der Waals surface area (Å²) in [4.78, 5) is 5.27. The van der Waals surface area contributed by atoms with Gasteiger partial charge in [0.1, 0.15) is 6.61 Å². The van der Waals surface area contributed by atoms with Crippen LogP contribution in [0.25, 0.3) is 0 Å². The molecule has 0 N–H and O–H groups in total. The van der Waals surface area contributed by atoms with Crippen LogP contribution in [-0.4, -0.2) is 6.21 Å². The van der Waals surface area contributed by atoms with Gasteiger partial charge in [-0.25, -0.2) is 0 Å². The molecule has 2 nitrogen and oxygen atoms in total. The average Bonchev–Trinajstić information content (AvgIpc) is 2.37. The van der Waals surface area contributed by atoms with E-state index in [0.717, 1.165) is 11.1 Å². The number of benzene rings is 2. The zero-order chi connectivity index (χ0) is 12.8. The lowest BCUT2D eigenvalue weighted by molar-refractivity contribution is 0.131. The van der Waals surface area contributed by atoms with Crippen molar-refractivity contribution in [3.63, 3.8) is 0 Å². The summed E-state index contributed by atoms with van der Waals surface area (Å²) in [6, 6.07) is 15.6. The highest BCUT2D eigenvalue weighted by Crippen LogP contribution is 2.10. The monoisotopic (exact) mass is 259 g/mol. The number of aryl methyl sites for hydroxylation is 1. The van der Waals surface area contributed by atoms with Crippen LogP contribution in [0, 0.1) is 6.92 Å². The van der Waals surface area contributed by atoms with Gasteiger partial charge in [-0.3, -0.25) is 0 Å². The number of rotatable bonds is 4. The van der Waals surface area contributed by atoms with Gasteiger partial charge in [0.25, 0.3) is 0 Å². The van der Waals surface area contributed by atoms with Gasteiger partial charge in [-0.05, 0) is 35.7 Å². The first-order valence-corrected chi connectivity index (χ1v) is 6.09. The molecule has 3 heteroatoms. The second-order valence-electron chi connectivity index (χ2n) is 3.99. The predicted molar refractivity (Wildman–Crippen MR) is 75.0 cm³/mol. The van der Waals surface area contributed by atoms with Gasteiger partial charge in [0.05, 0.1) is 6.21 Å². The minimum atomic E-state index is 0.476. The Morgan fingerprint density at radius 2 is 2.00 bits per heavy atom. The fraction of sp³-hybridized carbons (Fsp3) is 0.133. The highest BCUT2D eigenvalue weighted by atomic mass is 35.5. The fourth-order valence-electron chi connectivity index (χ4n) is 1.56. The van der Waals surface area contributed by atoms with Gasteiger partial charge in [0.2, 0.25) is 0 Å². The van der Waals surface area contributed by atoms with Gasteiger partial charge in [-0.15, -0.1) is 0 Å². The van der Waals surface area contributed by atoms with Crippen molar-refractivity contribution in [1.29, 1.82) is 0 Å². The summed E-state index contributed by atoms with van der Waals surface area (Å²) < 4.78 is 0. The molecule has 2 aromatic rings. The van der Waals surface area contributed by atoms with Crippen molar-refractivity contribution in [2.24, 2.45) is 5.16 Å². The molecule has 0 bridgehead atoms. The summed E-state index contributed by atoms with van der Waals surface area (Å²) in [6.45, 7) is 2.53. The average molecular weight is 260 g/mol. The summed E-state index contributed by atoms with van der Waals surface area (Å²) >= 11 is 5.87. The maximum atomic E-state index is 5.87. The molecule has 0 radical (unpaired) electrons. The Balaban J connectivity index is 1.91. The Bertz CT molecular complexity index is 552. The van der Waals surface area contributed by atoms with E-state index in [2.05, 4.69) is 18.1 Å². The van der Waals surface area contributed by atoms with Gasteiger partial charge in [-0.2, -0.15) is 0 Å². The molecule has 0 saturated heterocycles. The molecule has 18 heavy (non-hydrogen) atoms. The maximum absolute atomic E-state index is 5.87. The van der Waals surface area contributed by atoms with Crippen molar-refractivity contribution >= 4 is 17.8 Å². The Kier molecular flexibility index (Phi) is 4.37. The zero-order valence-corrected chi connectivity index (χ0v) is 10.9. The Hall–Kier alpha value is -1.80. The summed E-state index contributed by atoms with van der Waals surface area (Å²) in [6.07, 6.45) is 1.66. The quantitative estimate of drug-likeness (QED) is 0.596. The fourth-order valence-corrected chi connectivity index (χ4v) is 1.76. The number of nitrogens with zero attached hydrogens (tertiary/aromatic N) is 1. The lowest BCUT2D eigenvalue weighted by atomic mass is 10.1. The van der Waals surface area contributed by atoms with E-state index >= 15 is 0 Å². The van der Waals surface area contributed by atoms with Gasteiger partial charge in [0, 0.05) is 5.02 Å². The third-order valence-electron chi connectivity index (χ3n) is 2.61. The number of halogens is 1. The highest BCUT2D eigenvalue weighted by Gasteiger charge is 1.96. The van der Waals surface area contributed by atoms with Crippen LogP contribution < -0.4 is 0 Å². The van der Waals surface area contributed by atoms with Crippen LogP contribution >= 0.6 is 11.6 Å². The van der Waals surface area contributed by atoms with Crippen molar-refractivity contribution < 1.29 is 4.84 Å². The molecular weight excluding hydrogens is 246 g/mol. The molecule has 0 aromatic heterocycles. The molecule has 0 fully saturated rings. The largest absolute Gasteiger partial charge is 0.391 e. The van der Waals surface area contributed by atoms with E-state index in [0.29, 0.717) is 11.6 Å². The minimum absolute atomic E-state index is 0.476. The molecule has 0 heterocycles. The van der Waals surface area contributed by atoms with E-state index in [1.807, 2.05) is 42.5 Å². The molecule has 2 rings (SSSR count). The topological polar surface area (TPSA) is 21.6 Å². The van der Waals surface area contributed by atoms with Crippen molar-refractivity contribution in [3.8, 4) is 0 Å². The molecule has 0 atom stereocenters. The van der Waals surface area contributed by atoms with Crippen LogP contribution in [0.15, 0.2) is 53.7 Å². The van der Waals surface area contributed by atoms with Crippen LogP contribution in [0.2, 0.25) is 5.02 Å². The first kappa shape index (κ1) is 12.7. The van der Waals surface area contributed by atoms with Crippen LogP contribution in [0.4, 0.5) is 0 Å². The first-order chi connectivity index (χ1) is 8.75. The van der Waals surface area contributed by atoms with E-state index in [4.69, 9.17) is 16.4 Å². The zero-order valence-electron chi connectivity index (χ0n) is 10.1. The third kappa shape index (κ3) is 3.60. The Morgan fingerprint density at radius 3 is 2.78 bits per heavy atom. The SMILES string of the molecule is Cc1ccccc1CON=Cc1cccc(Cl)c1. The minimum Gasteiger partial charge on any atom is -0.391 e. The maximum Gasteiger partial charge on any atom is 0.142 e. The summed E-state index contributed by atoms with van der Waals surface area (Å²) in [5, 5.41) is 4.63. The van der Waals surface area contributed by atoms with E-state index in [-0.39, 0.29) is 0 Å². The smallest absolute Gasteiger partial charge is 0.142 e. The second kappa shape index (κ2) is 6.22. The summed E-state index contributed by atoms with van der Waals surface area (Å²) in [7, 11) is 0. The normalized spacial score (nSPS) is 10.8. The lowest BCUT2D eigenvalue weighted by Crippen LogP contribution is -1.91. The van der Waals surface area contributed by atoms with Gasteiger partial charge in [-0.1, -0.05) is 53.2 Å². The Morgan fingerprint density at radius 1 is 1.17 bits per heavy atom. The molecule has 0 saturated carbocycles. The standard InChI is InChI=1S/C15H14ClNO/c1-12-5-2-3-7-14(12)11-18-17-10-13-6-4-8-15(16)9-13/h2-10H,11H2,1H3. The molecule has 0 unspecified atom stereocenters. The van der Waals surface area contributed by atoms with Gasteiger partial charge in [0.15, 0.2) is 0 Å². The molecule has 0 aliphatic carbocycles. The Labute approximate surface area is 112 Å². The van der Waals surface area contributed by atoms with Crippen LogP contribution in [0.3, 0.4) is 0 Å². The van der Waals surface area contributed by atoms with Crippen LogP contribution in [-0.2, 0) is 11.4 Å². The molecular formula is C15H14ClNO. The van der Waals surface area contributed by atoms with Crippen molar-refractivity contribution in [2.45, 2.75) is 13.5 Å². The highest BCUT2D eigenvalue weighted by molar-refractivity contribution is 6.30. The van der Waals surface area contributed by atoms with E-state index in [9.17, 15) is 0 Å². The number of oxime groups is 1. The molecule has 0 aliphatic heterocycles. The van der Waals surface area contributed by atoms with Crippen molar-refractivity contribution in [1.82, 2.24) is 0 Å². The molecule has 0 amide bonds. The van der Waals surface area contributed by atoms with Crippen molar-refractivity contribution in [2.75, 3.05) is 0 Å². The van der Waals surface area contributed by atoms with E-state index < -0.39 is 0 Å². The number of hydrogen-bond donors (Lipinski definition) is 0. The first-order valence-electron chi connectivity index (χ1n) is 5.71. The third-order valence-corrected chi connectivity index (χ3v) is 2.84. The van der Waals surface area contributed by atoms with Gasteiger partial charge < -0.3 is 4.84 Å². The van der Waals surface area contributed by atoms with Crippen molar-refractivity contribution in [3.05, 3.63) is 70.2 Å². The molecule has 0 aliphatic rings. The molecule has 92 valence electrons. The second-order valence-corrected chi connectivity index (χ2v) is 4.43. The van der Waals surface area contributed by atoms with Gasteiger partial charge >= 0.3 is 0 Å². The lowest BCUT2D eigenvalue weighted by Gasteiger charge is -2.03. The van der Waals surface area contributed by atoms with E-state index in [1.165, 1.54) is 5.56 Å². The summed E-state index contributed by atoms with van der Waals surface area (Å²) in [5.74, 6) is 0. The molecule has 2 aromatic carbocycles. The van der Waals surface area contributed by atoms with Crippen LogP contribution in [0.1, 0.15) is 16.7 Å². The number of hydrogen-bond acceptors (Lipinski definition) is 2.